The van der Waals surface area contributed by atoms with Crippen molar-refractivity contribution in [3.8, 4) is 0 Å². The van der Waals surface area contributed by atoms with E-state index in [2.05, 4.69) is 11.9 Å². The summed E-state index contributed by atoms with van der Waals surface area (Å²) in [7, 11) is 0. The van der Waals surface area contributed by atoms with E-state index in [1.54, 1.807) is 0 Å². The van der Waals surface area contributed by atoms with Gasteiger partial charge in [0.1, 0.15) is 11.6 Å². The second kappa shape index (κ2) is 7.01. The molecular formula is C13H17F2NO. The van der Waals surface area contributed by atoms with Crippen molar-refractivity contribution in [2.75, 3.05) is 13.2 Å². The van der Waals surface area contributed by atoms with Crippen molar-refractivity contribution in [2.45, 2.75) is 19.4 Å². The Bertz CT molecular complexity index is 368. The van der Waals surface area contributed by atoms with Gasteiger partial charge in [-0.1, -0.05) is 12.6 Å². The summed E-state index contributed by atoms with van der Waals surface area (Å²) in [6.07, 6.45) is 2.20. The van der Waals surface area contributed by atoms with E-state index in [4.69, 9.17) is 4.74 Å². The lowest BCUT2D eigenvalue weighted by atomic mass is 10.1. The third-order valence-corrected chi connectivity index (χ3v) is 2.44. The minimum Gasteiger partial charge on any atom is -0.502 e. The highest BCUT2D eigenvalue weighted by Gasteiger charge is 2.10. The van der Waals surface area contributed by atoms with E-state index < -0.39 is 11.6 Å². The molecule has 94 valence electrons. The summed E-state index contributed by atoms with van der Waals surface area (Å²) in [4.78, 5) is 0. The van der Waals surface area contributed by atoms with E-state index in [0.29, 0.717) is 18.7 Å². The topological polar surface area (TPSA) is 21.3 Å². The van der Waals surface area contributed by atoms with Gasteiger partial charge in [-0.05, 0) is 26.0 Å². The molecule has 1 aromatic carbocycles. The van der Waals surface area contributed by atoms with Crippen molar-refractivity contribution >= 4 is 0 Å². The third-order valence-electron chi connectivity index (χ3n) is 2.44. The predicted molar refractivity (Wildman–Crippen MR) is 63.5 cm³/mol. The fourth-order valence-electron chi connectivity index (χ4n) is 1.52. The zero-order valence-corrected chi connectivity index (χ0v) is 9.88. The van der Waals surface area contributed by atoms with Gasteiger partial charge in [0.25, 0.3) is 0 Å². The molecule has 17 heavy (non-hydrogen) atoms. The molecule has 0 aromatic heterocycles. The van der Waals surface area contributed by atoms with E-state index in [-0.39, 0.29) is 6.04 Å². The van der Waals surface area contributed by atoms with Crippen LogP contribution in [0.25, 0.3) is 0 Å². The van der Waals surface area contributed by atoms with Crippen LogP contribution in [0.3, 0.4) is 0 Å². The van der Waals surface area contributed by atoms with Gasteiger partial charge in [0, 0.05) is 17.7 Å². The highest BCUT2D eigenvalue weighted by Crippen LogP contribution is 2.17. The molecule has 0 saturated carbocycles. The van der Waals surface area contributed by atoms with Crippen LogP contribution in [0.1, 0.15) is 24.9 Å². The van der Waals surface area contributed by atoms with E-state index in [1.165, 1.54) is 18.4 Å². The van der Waals surface area contributed by atoms with Gasteiger partial charge >= 0.3 is 0 Å². The maximum Gasteiger partial charge on any atom is 0.130 e. The van der Waals surface area contributed by atoms with Crippen LogP contribution in [0.5, 0.6) is 0 Å². The number of halogens is 2. The van der Waals surface area contributed by atoms with Crippen LogP contribution < -0.4 is 5.32 Å². The molecule has 0 aliphatic rings. The molecule has 0 amide bonds. The lowest BCUT2D eigenvalue weighted by Crippen LogP contribution is -2.21. The molecule has 1 unspecified atom stereocenters. The maximum atomic E-state index is 13.4. The maximum absolute atomic E-state index is 13.4. The van der Waals surface area contributed by atoms with Crippen LogP contribution in [0.2, 0.25) is 0 Å². The van der Waals surface area contributed by atoms with E-state index in [9.17, 15) is 8.78 Å². The first-order valence-electron chi connectivity index (χ1n) is 5.56. The molecule has 1 rings (SSSR count). The first-order chi connectivity index (χ1) is 8.15. The van der Waals surface area contributed by atoms with Gasteiger partial charge in [0.2, 0.25) is 0 Å². The first kappa shape index (κ1) is 13.6. The number of rotatable bonds is 7. The van der Waals surface area contributed by atoms with Crippen LogP contribution in [-0.4, -0.2) is 13.2 Å². The number of hydrogen-bond acceptors (Lipinski definition) is 2. The summed E-state index contributed by atoms with van der Waals surface area (Å²) < 4.78 is 31.1. The SMILES string of the molecule is C=COCCCNC(C)c1ccc(F)cc1F. The van der Waals surface area contributed by atoms with Crippen LogP contribution >= 0.6 is 0 Å². The van der Waals surface area contributed by atoms with Gasteiger partial charge in [-0.2, -0.15) is 0 Å². The van der Waals surface area contributed by atoms with Crippen LogP contribution in [-0.2, 0) is 4.74 Å². The standard InChI is InChI=1S/C13H17F2NO/c1-3-17-8-4-7-16-10(2)12-6-5-11(14)9-13(12)15/h3,5-6,9-10,16H,1,4,7-8H2,2H3. The summed E-state index contributed by atoms with van der Waals surface area (Å²) in [5, 5.41) is 3.14. The Hall–Kier alpha value is -1.42. The summed E-state index contributed by atoms with van der Waals surface area (Å²) in [6, 6.07) is 3.47. The highest BCUT2D eigenvalue weighted by atomic mass is 19.1. The fourth-order valence-corrected chi connectivity index (χ4v) is 1.52. The number of hydrogen-bond donors (Lipinski definition) is 1. The van der Waals surface area contributed by atoms with E-state index >= 15 is 0 Å². The zero-order chi connectivity index (χ0) is 12.7. The van der Waals surface area contributed by atoms with Crippen LogP contribution in [0.15, 0.2) is 31.0 Å². The summed E-state index contributed by atoms with van der Waals surface area (Å²) >= 11 is 0. The highest BCUT2D eigenvalue weighted by molar-refractivity contribution is 5.21. The molecular weight excluding hydrogens is 224 g/mol. The Morgan fingerprint density at radius 2 is 2.24 bits per heavy atom. The Kier molecular flexibility index (Phi) is 5.63. The molecule has 1 N–H and O–H groups in total. The lowest BCUT2D eigenvalue weighted by Gasteiger charge is -2.14. The molecule has 1 atom stereocenters. The normalized spacial score (nSPS) is 12.2. The average molecular weight is 241 g/mol. The molecule has 2 nitrogen and oxygen atoms in total. The van der Waals surface area contributed by atoms with Gasteiger partial charge in [0.15, 0.2) is 0 Å². The second-order valence-corrected chi connectivity index (χ2v) is 3.73. The second-order valence-electron chi connectivity index (χ2n) is 3.73. The minimum atomic E-state index is -0.558. The fraction of sp³-hybridized carbons (Fsp3) is 0.385. The summed E-state index contributed by atoms with van der Waals surface area (Å²) in [5.74, 6) is -1.08. The van der Waals surface area contributed by atoms with Gasteiger partial charge in [-0.3, -0.25) is 0 Å². The molecule has 0 spiro atoms. The lowest BCUT2D eigenvalue weighted by molar-refractivity contribution is 0.243. The molecule has 0 radical (unpaired) electrons. The molecule has 0 aliphatic carbocycles. The molecule has 0 bridgehead atoms. The first-order valence-corrected chi connectivity index (χ1v) is 5.56. The largest absolute Gasteiger partial charge is 0.502 e. The smallest absolute Gasteiger partial charge is 0.130 e. The van der Waals surface area contributed by atoms with Gasteiger partial charge in [-0.25, -0.2) is 8.78 Å². The summed E-state index contributed by atoms with van der Waals surface area (Å²) in [6.45, 7) is 6.55. The average Bonchev–Trinajstić information content (AvgIpc) is 2.28. The molecule has 0 aliphatic heterocycles. The number of benzene rings is 1. The molecule has 0 heterocycles. The van der Waals surface area contributed by atoms with Gasteiger partial charge in [-0.15, -0.1) is 0 Å². The number of ether oxygens (including phenoxy) is 1. The minimum absolute atomic E-state index is 0.153. The van der Waals surface area contributed by atoms with E-state index in [0.717, 1.165) is 12.5 Å². The van der Waals surface area contributed by atoms with Gasteiger partial charge in [0.05, 0.1) is 12.9 Å². The molecule has 4 heteroatoms. The quantitative estimate of drug-likeness (QED) is 0.585. The van der Waals surface area contributed by atoms with Crippen molar-refractivity contribution in [2.24, 2.45) is 0 Å². The Balaban J connectivity index is 2.41. The summed E-state index contributed by atoms with van der Waals surface area (Å²) in [5.41, 5.74) is 0.469. The van der Waals surface area contributed by atoms with Crippen molar-refractivity contribution in [1.82, 2.24) is 5.32 Å². The predicted octanol–water partition coefficient (Wildman–Crippen LogP) is 3.17. The van der Waals surface area contributed by atoms with Crippen LogP contribution in [0.4, 0.5) is 8.78 Å². The van der Waals surface area contributed by atoms with Crippen molar-refractivity contribution in [1.29, 1.82) is 0 Å². The van der Waals surface area contributed by atoms with E-state index in [1.807, 2.05) is 6.92 Å². The van der Waals surface area contributed by atoms with Crippen molar-refractivity contribution < 1.29 is 13.5 Å². The molecule has 0 fully saturated rings. The number of nitrogens with one attached hydrogen (secondary N) is 1. The Morgan fingerprint density at radius 1 is 1.47 bits per heavy atom. The van der Waals surface area contributed by atoms with Crippen molar-refractivity contribution in [3.63, 3.8) is 0 Å². The third kappa shape index (κ3) is 4.53. The Labute approximate surface area is 100 Å². The Morgan fingerprint density at radius 3 is 2.88 bits per heavy atom. The molecule has 0 saturated heterocycles. The van der Waals surface area contributed by atoms with Crippen molar-refractivity contribution in [3.05, 3.63) is 48.2 Å². The van der Waals surface area contributed by atoms with Crippen LogP contribution in [0, 0.1) is 11.6 Å². The van der Waals surface area contributed by atoms with Gasteiger partial charge < -0.3 is 10.1 Å². The molecule has 1 aromatic rings. The monoisotopic (exact) mass is 241 g/mol. The zero-order valence-electron chi connectivity index (χ0n) is 9.88.